The molecule has 0 aromatic heterocycles. The van der Waals surface area contributed by atoms with Gasteiger partial charge in [-0.2, -0.15) is 0 Å². The maximum Gasteiger partial charge on any atom is 0.293 e. The molecule has 1 aliphatic rings. The summed E-state index contributed by atoms with van der Waals surface area (Å²) in [6, 6.07) is 0. The lowest BCUT2D eigenvalue weighted by atomic mass is 9.86. The summed E-state index contributed by atoms with van der Waals surface area (Å²) in [5.41, 5.74) is 0. The largest absolute Gasteiger partial charge is 0.468 e. The fourth-order valence-electron chi connectivity index (χ4n) is 2.09. The predicted molar refractivity (Wildman–Crippen MR) is 56.8 cm³/mol. The van der Waals surface area contributed by atoms with Crippen molar-refractivity contribution >= 4 is 6.47 Å². The molecule has 0 atom stereocenters. The topological polar surface area (TPSA) is 26.3 Å². The van der Waals surface area contributed by atoms with E-state index in [9.17, 15) is 4.79 Å². The van der Waals surface area contributed by atoms with Crippen molar-refractivity contribution in [1.82, 2.24) is 0 Å². The second-order valence-corrected chi connectivity index (χ2v) is 4.09. The average Bonchev–Trinajstić information content (AvgIpc) is 2.25. The van der Waals surface area contributed by atoms with Crippen molar-refractivity contribution in [3.05, 3.63) is 5.92 Å². The van der Waals surface area contributed by atoms with Crippen molar-refractivity contribution in [2.45, 2.75) is 57.8 Å². The van der Waals surface area contributed by atoms with Crippen molar-refractivity contribution in [2.24, 2.45) is 0 Å². The summed E-state index contributed by atoms with van der Waals surface area (Å²) in [7, 11) is 0. The zero-order valence-corrected chi connectivity index (χ0v) is 8.96. The van der Waals surface area contributed by atoms with Gasteiger partial charge in [0.2, 0.25) is 0 Å². The van der Waals surface area contributed by atoms with Gasteiger partial charge in [-0.3, -0.25) is 4.79 Å². The first-order valence-electron chi connectivity index (χ1n) is 5.82. The summed E-state index contributed by atoms with van der Waals surface area (Å²) >= 11 is 0. The number of unbranched alkanes of at least 4 members (excludes halogenated alkanes) is 2. The molecule has 81 valence electrons. The average molecular weight is 197 g/mol. The molecule has 0 heterocycles. The zero-order chi connectivity index (χ0) is 10.1. The molecular formula is C12H21O2. The Morgan fingerprint density at radius 3 is 2.57 bits per heavy atom. The van der Waals surface area contributed by atoms with Crippen LogP contribution < -0.4 is 0 Å². The van der Waals surface area contributed by atoms with Gasteiger partial charge < -0.3 is 4.74 Å². The van der Waals surface area contributed by atoms with Crippen LogP contribution in [0.3, 0.4) is 0 Å². The number of carbonyl (C=O) groups excluding carboxylic acids is 1. The molecule has 0 N–H and O–H groups in total. The van der Waals surface area contributed by atoms with Crippen LogP contribution in [-0.4, -0.2) is 13.1 Å². The van der Waals surface area contributed by atoms with Gasteiger partial charge in [0.15, 0.2) is 0 Å². The highest BCUT2D eigenvalue weighted by atomic mass is 16.5. The first-order valence-corrected chi connectivity index (χ1v) is 5.82. The van der Waals surface area contributed by atoms with Gasteiger partial charge in [-0.05, 0) is 31.6 Å². The van der Waals surface area contributed by atoms with E-state index in [1.165, 1.54) is 51.4 Å². The third-order valence-corrected chi connectivity index (χ3v) is 2.92. The maximum atomic E-state index is 9.86. The Morgan fingerprint density at radius 2 is 1.86 bits per heavy atom. The number of carbonyl (C=O) groups is 1. The van der Waals surface area contributed by atoms with E-state index < -0.39 is 0 Å². The minimum Gasteiger partial charge on any atom is -0.468 e. The van der Waals surface area contributed by atoms with Gasteiger partial charge in [0, 0.05) is 0 Å². The first kappa shape index (κ1) is 11.5. The van der Waals surface area contributed by atoms with E-state index in [0.717, 1.165) is 6.42 Å². The van der Waals surface area contributed by atoms with Crippen molar-refractivity contribution in [3.8, 4) is 0 Å². The molecule has 1 saturated carbocycles. The minimum absolute atomic E-state index is 0.538. The number of ether oxygens (including phenoxy) is 1. The molecule has 1 aliphatic carbocycles. The highest BCUT2D eigenvalue weighted by Crippen LogP contribution is 2.29. The highest BCUT2D eigenvalue weighted by Gasteiger charge is 2.12. The lowest BCUT2D eigenvalue weighted by Gasteiger charge is -2.20. The molecule has 14 heavy (non-hydrogen) atoms. The molecule has 0 aromatic carbocycles. The lowest BCUT2D eigenvalue weighted by molar-refractivity contribution is -0.128. The smallest absolute Gasteiger partial charge is 0.293 e. The Bertz CT molecular complexity index is 139. The summed E-state index contributed by atoms with van der Waals surface area (Å²) < 4.78 is 4.64. The number of hydrogen-bond acceptors (Lipinski definition) is 2. The van der Waals surface area contributed by atoms with Crippen LogP contribution in [0.1, 0.15) is 57.8 Å². The van der Waals surface area contributed by atoms with Crippen LogP contribution in [0.4, 0.5) is 0 Å². The summed E-state index contributed by atoms with van der Waals surface area (Å²) in [5.74, 6) is 1.77. The summed E-state index contributed by atoms with van der Waals surface area (Å²) in [6.07, 6.45) is 11.8. The molecule has 0 unspecified atom stereocenters. The summed E-state index contributed by atoms with van der Waals surface area (Å²) in [4.78, 5) is 9.86. The van der Waals surface area contributed by atoms with E-state index in [1.54, 1.807) is 5.92 Å². The van der Waals surface area contributed by atoms with Gasteiger partial charge in [0.25, 0.3) is 6.47 Å². The van der Waals surface area contributed by atoms with Crippen LogP contribution in [0.25, 0.3) is 0 Å². The second kappa shape index (κ2) is 7.84. The Labute approximate surface area is 87.0 Å². The van der Waals surface area contributed by atoms with Crippen molar-refractivity contribution in [1.29, 1.82) is 0 Å². The first-order chi connectivity index (χ1) is 6.93. The predicted octanol–water partition coefficient (Wildman–Crippen LogP) is 3.26. The van der Waals surface area contributed by atoms with E-state index in [4.69, 9.17) is 0 Å². The molecule has 1 fully saturated rings. The maximum absolute atomic E-state index is 9.86. The van der Waals surface area contributed by atoms with E-state index in [-0.39, 0.29) is 0 Å². The van der Waals surface area contributed by atoms with Crippen LogP contribution >= 0.6 is 0 Å². The fraction of sp³-hybridized carbons (Fsp3) is 0.833. The molecule has 2 heteroatoms. The monoisotopic (exact) mass is 197 g/mol. The third kappa shape index (κ3) is 5.25. The van der Waals surface area contributed by atoms with Crippen LogP contribution in [0.15, 0.2) is 0 Å². The third-order valence-electron chi connectivity index (χ3n) is 2.92. The molecule has 0 bridgehead atoms. The normalized spacial score (nSPS) is 18.0. The fourth-order valence-corrected chi connectivity index (χ4v) is 2.09. The number of rotatable bonds is 7. The SMILES string of the molecule is O=COCCCCC[C]1CCCCC1. The standard InChI is InChI=1S/C12H21O2/c13-11-14-10-6-2-5-9-12-7-3-1-4-8-12/h11H,1-10H2. The minimum atomic E-state index is 0.538. The van der Waals surface area contributed by atoms with Gasteiger partial charge in [-0.25, -0.2) is 0 Å². The van der Waals surface area contributed by atoms with Crippen molar-refractivity contribution < 1.29 is 9.53 Å². The molecule has 1 rings (SSSR count). The highest BCUT2D eigenvalue weighted by molar-refractivity contribution is 5.36. The van der Waals surface area contributed by atoms with Crippen molar-refractivity contribution in [2.75, 3.05) is 6.61 Å². The van der Waals surface area contributed by atoms with E-state index in [1.807, 2.05) is 0 Å². The molecule has 2 nitrogen and oxygen atoms in total. The van der Waals surface area contributed by atoms with Crippen molar-refractivity contribution in [3.63, 3.8) is 0 Å². The Morgan fingerprint density at radius 1 is 1.07 bits per heavy atom. The summed E-state index contributed by atoms with van der Waals surface area (Å²) in [6.45, 7) is 1.13. The molecule has 0 aliphatic heterocycles. The van der Waals surface area contributed by atoms with Crippen LogP contribution in [-0.2, 0) is 9.53 Å². The van der Waals surface area contributed by atoms with Gasteiger partial charge in [-0.1, -0.05) is 32.1 Å². The van der Waals surface area contributed by atoms with Gasteiger partial charge in [0.05, 0.1) is 6.61 Å². The van der Waals surface area contributed by atoms with Gasteiger partial charge in [-0.15, -0.1) is 0 Å². The van der Waals surface area contributed by atoms with E-state index in [0.29, 0.717) is 13.1 Å². The second-order valence-electron chi connectivity index (χ2n) is 4.09. The van der Waals surface area contributed by atoms with Crippen LogP contribution in [0.2, 0.25) is 0 Å². The lowest BCUT2D eigenvalue weighted by Crippen LogP contribution is -2.03. The molecule has 1 radical (unpaired) electrons. The Hall–Kier alpha value is -0.530. The Balaban J connectivity index is 1.85. The number of hydrogen-bond donors (Lipinski definition) is 0. The van der Waals surface area contributed by atoms with Gasteiger partial charge >= 0.3 is 0 Å². The Kier molecular flexibility index (Phi) is 6.46. The molecule has 0 amide bonds. The van der Waals surface area contributed by atoms with Crippen LogP contribution in [0.5, 0.6) is 0 Å². The molecule has 0 saturated heterocycles. The van der Waals surface area contributed by atoms with Gasteiger partial charge in [0.1, 0.15) is 0 Å². The molecule has 0 aromatic rings. The van der Waals surface area contributed by atoms with Crippen LogP contribution in [0, 0.1) is 5.92 Å². The summed E-state index contributed by atoms with van der Waals surface area (Å²) in [5, 5.41) is 0. The molecular weight excluding hydrogens is 176 g/mol. The molecule has 0 spiro atoms. The van der Waals surface area contributed by atoms with E-state index in [2.05, 4.69) is 4.74 Å². The van der Waals surface area contributed by atoms with E-state index >= 15 is 0 Å². The quantitative estimate of drug-likeness (QED) is 0.462. The zero-order valence-electron chi connectivity index (χ0n) is 8.96.